The van der Waals surface area contributed by atoms with Gasteiger partial charge in [-0.25, -0.2) is 0 Å². The molecule has 0 amide bonds. The number of esters is 1. The Morgan fingerprint density at radius 3 is 2.56 bits per heavy atom. The van der Waals surface area contributed by atoms with Crippen LogP contribution in [0.15, 0.2) is 0 Å². The van der Waals surface area contributed by atoms with E-state index in [0.717, 1.165) is 32.3 Å². The molecule has 4 nitrogen and oxygen atoms in total. The average Bonchev–Trinajstić information content (AvgIpc) is 2.86. The predicted molar refractivity (Wildman–Crippen MR) is 102 cm³/mol. The Labute approximate surface area is 163 Å². The van der Waals surface area contributed by atoms with Crippen molar-refractivity contribution in [3.05, 3.63) is 0 Å². The molecule has 5 rings (SSSR count). The first-order valence-electron chi connectivity index (χ1n) is 11.3. The highest BCUT2D eigenvalue weighted by Gasteiger charge is 2.73. The Morgan fingerprint density at radius 1 is 1.00 bits per heavy atom. The molecule has 152 valence electrons. The van der Waals surface area contributed by atoms with Crippen LogP contribution in [-0.4, -0.2) is 31.6 Å². The minimum Gasteiger partial charge on any atom is -0.466 e. The van der Waals surface area contributed by atoms with Crippen molar-refractivity contribution < 1.29 is 19.0 Å². The van der Waals surface area contributed by atoms with Gasteiger partial charge in [0, 0.05) is 10.8 Å². The van der Waals surface area contributed by atoms with Crippen LogP contribution in [0.1, 0.15) is 79.1 Å². The van der Waals surface area contributed by atoms with Crippen molar-refractivity contribution >= 4 is 5.97 Å². The van der Waals surface area contributed by atoms with Gasteiger partial charge in [0.25, 0.3) is 0 Å². The molecule has 27 heavy (non-hydrogen) atoms. The SMILES string of the molecule is CCOC(=O)[C@]1(C)CCC[C@@]2(C)C3CC[C@@]4(C)C5OCC[C@]3(CCC21)C4O5. The fraction of sp³-hybridized carbons (Fsp3) is 0.957. The van der Waals surface area contributed by atoms with Crippen LogP contribution in [0, 0.1) is 33.5 Å². The van der Waals surface area contributed by atoms with Gasteiger partial charge in [-0.15, -0.1) is 0 Å². The van der Waals surface area contributed by atoms with Gasteiger partial charge >= 0.3 is 5.97 Å². The highest BCUT2D eigenvalue weighted by atomic mass is 16.7. The summed E-state index contributed by atoms with van der Waals surface area (Å²) < 4.78 is 18.1. The summed E-state index contributed by atoms with van der Waals surface area (Å²) in [5.41, 5.74) is 0.335. The minimum absolute atomic E-state index is 0.0181. The molecule has 4 heteroatoms. The molecule has 0 radical (unpaired) electrons. The van der Waals surface area contributed by atoms with Crippen LogP contribution in [0.3, 0.4) is 0 Å². The van der Waals surface area contributed by atoms with Crippen molar-refractivity contribution in [2.75, 3.05) is 13.2 Å². The Bertz CT molecular complexity index is 648. The van der Waals surface area contributed by atoms with Gasteiger partial charge in [0.05, 0.1) is 24.7 Å². The number of carbonyl (C=O) groups excluding carboxylic acids is 1. The molecule has 4 unspecified atom stereocenters. The van der Waals surface area contributed by atoms with Gasteiger partial charge in [-0.3, -0.25) is 4.79 Å². The van der Waals surface area contributed by atoms with Crippen LogP contribution in [0.4, 0.5) is 0 Å². The first-order chi connectivity index (χ1) is 12.8. The van der Waals surface area contributed by atoms with Crippen molar-refractivity contribution in [1.82, 2.24) is 0 Å². The van der Waals surface area contributed by atoms with E-state index in [1.165, 1.54) is 25.7 Å². The molecule has 3 saturated carbocycles. The average molecular weight is 377 g/mol. The zero-order valence-corrected chi connectivity index (χ0v) is 17.5. The normalized spacial score (nSPS) is 56.1. The van der Waals surface area contributed by atoms with Gasteiger partial charge in [0.2, 0.25) is 0 Å². The van der Waals surface area contributed by atoms with Gasteiger partial charge in [0.15, 0.2) is 6.29 Å². The van der Waals surface area contributed by atoms with Crippen molar-refractivity contribution in [3.8, 4) is 0 Å². The maximum atomic E-state index is 13.0. The molecule has 2 saturated heterocycles. The van der Waals surface area contributed by atoms with E-state index in [1.807, 2.05) is 6.92 Å². The standard InChI is InChI=1S/C23H36O4/c1-5-25-18(24)21(3)10-6-9-20(2)15(21)8-12-23-13-14-26-19-22(4,17(23)27-19)11-7-16(20)23/h15-17,19H,5-14H2,1-4H3/t15?,16?,17?,19?,20-,21-,22-,23+/m1/s1. The summed E-state index contributed by atoms with van der Waals surface area (Å²) in [7, 11) is 0. The molecule has 3 aliphatic carbocycles. The van der Waals surface area contributed by atoms with Crippen LogP contribution >= 0.6 is 0 Å². The molecule has 5 fully saturated rings. The van der Waals surface area contributed by atoms with E-state index in [4.69, 9.17) is 14.2 Å². The lowest BCUT2D eigenvalue weighted by atomic mass is 9.37. The summed E-state index contributed by atoms with van der Waals surface area (Å²) in [5, 5.41) is 0. The number of fused-ring (bicyclic) bond motifs is 2. The van der Waals surface area contributed by atoms with E-state index >= 15 is 0 Å². The van der Waals surface area contributed by atoms with Crippen molar-refractivity contribution in [3.63, 3.8) is 0 Å². The van der Waals surface area contributed by atoms with Crippen LogP contribution in [-0.2, 0) is 19.0 Å². The molecule has 2 aliphatic heterocycles. The lowest BCUT2D eigenvalue weighted by molar-refractivity contribution is -0.384. The van der Waals surface area contributed by atoms with Crippen LogP contribution in [0.25, 0.3) is 0 Å². The van der Waals surface area contributed by atoms with E-state index in [1.54, 1.807) is 0 Å². The van der Waals surface area contributed by atoms with E-state index in [-0.39, 0.29) is 33.9 Å². The van der Waals surface area contributed by atoms with Crippen LogP contribution in [0.5, 0.6) is 0 Å². The summed E-state index contributed by atoms with van der Waals surface area (Å²) in [6, 6.07) is 0. The van der Waals surface area contributed by atoms with Crippen molar-refractivity contribution in [2.45, 2.75) is 91.5 Å². The molecule has 5 aliphatic rings. The van der Waals surface area contributed by atoms with Gasteiger partial charge < -0.3 is 14.2 Å². The summed E-state index contributed by atoms with van der Waals surface area (Å²) in [6.07, 6.45) is 9.64. The summed E-state index contributed by atoms with van der Waals surface area (Å²) in [6.45, 7) is 10.3. The van der Waals surface area contributed by atoms with E-state index < -0.39 is 0 Å². The van der Waals surface area contributed by atoms with Crippen molar-refractivity contribution in [1.29, 1.82) is 0 Å². The largest absolute Gasteiger partial charge is 0.466 e. The molecular weight excluding hydrogens is 340 g/mol. The Morgan fingerprint density at radius 2 is 1.78 bits per heavy atom. The van der Waals surface area contributed by atoms with Crippen LogP contribution in [0.2, 0.25) is 0 Å². The van der Waals surface area contributed by atoms with Gasteiger partial charge in [-0.2, -0.15) is 0 Å². The van der Waals surface area contributed by atoms with Gasteiger partial charge in [0.1, 0.15) is 0 Å². The Kier molecular flexibility index (Phi) is 3.90. The van der Waals surface area contributed by atoms with Crippen molar-refractivity contribution in [2.24, 2.45) is 33.5 Å². The second-order valence-electron chi connectivity index (χ2n) is 10.9. The van der Waals surface area contributed by atoms with E-state index in [0.29, 0.717) is 24.5 Å². The molecule has 0 aromatic carbocycles. The second kappa shape index (κ2) is 5.72. The highest BCUT2D eigenvalue weighted by Crippen LogP contribution is 2.74. The third kappa shape index (κ3) is 2.10. The Hall–Kier alpha value is -0.610. The molecular formula is C23H36O4. The number of ether oxygens (including phenoxy) is 3. The smallest absolute Gasteiger partial charge is 0.312 e. The Balaban J connectivity index is 1.53. The summed E-state index contributed by atoms with van der Waals surface area (Å²) in [5.74, 6) is 1.11. The number of hydrogen-bond donors (Lipinski definition) is 0. The summed E-state index contributed by atoms with van der Waals surface area (Å²) in [4.78, 5) is 13.0. The molecule has 2 heterocycles. The number of hydrogen-bond acceptors (Lipinski definition) is 4. The lowest BCUT2D eigenvalue weighted by Gasteiger charge is -2.71. The zero-order chi connectivity index (χ0) is 19.1. The third-order valence-corrected chi connectivity index (χ3v) is 9.83. The monoisotopic (exact) mass is 376 g/mol. The fourth-order valence-electron chi connectivity index (χ4n) is 8.69. The third-order valence-electron chi connectivity index (χ3n) is 9.83. The minimum atomic E-state index is -0.324. The zero-order valence-electron chi connectivity index (χ0n) is 17.5. The maximum absolute atomic E-state index is 13.0. The van der Waals surface area contributed by atoms with Gasteiger partial charge in [-0.05, 0) is 76.0 Å². The second-order valence-corrected chi connectivity index (χ2v) is 10.9. The van der Waals surface area contributed by atoms with Gasteiger partial charge in [-0.1, -0.05) is 20.3 Å². The van der Waals surface area contributed by atoms with E-state index in [2.05, 4.69) is 20.8 Å². The number of carbonyl (C=O) groups is 1. The molecule has 0 aromatic heterocycles. The van der Waals surface area contributed by atoms with Crippen LogP contribution < -0.4 is 0 Å². The summed E-state index contributed by atoms with van der Waals surface area (Å²) >= 11 is 0. The van der Waals surface area contributed by atoms with E-state index in [9.17, 15) is 4.79 Å². The highest BCUT2D eigenvalue weighted by molar-refractivity contribution is 5.77. The topological polar surface area (TPSA) is 44.8 Å². The fourth-order valence-corrected chi connectivity index (χ4v) is 8.69. The predicted octanol–water partition coefficient (Wildman–Crippen LogP) is 4.70. The lowest BCUT2D eigenvalue weighted by Crippen LogP contribution is -2.71. The maximum Gasteiger partial charge on any atom is 0.312 e. The first kappa shape index (κ1) is 18.4. The molecule has 0 N–H and O–H groups in total. The quantitative estimate of drug-likeness (QED) is 0.655. The number of rotatable bonds is 2. The molecule has 8 atom stereocenters. The first-order valence-corrected chi connectivity index (χ1v) is 11.3. The molecule has 1 spiro atoms. The molecule has 4 bridgehead atoms. The molecule has 0 aromatic rings.